The van der Waals surface area contributed by atoms with Crippen molar-refractivity contribution in [2.75, 3.05) is 33.9 Å². The molecule has 0 spiro atoms. The van der Waals surface area contributed by atoms with Gasteiger partial charge in [-0.2, -0.15) is 0 Å². The largest absolute Gasteiger partial charge is 0.493 e. The van der Waals surface area contributed by atoms with Crippen molar-refractivity contribution in [1.29, 1.82) is 0 Å². The molecule has 0 aliphatic rings. The molecule has 5 nitrogen and oxygen atoms in total. The minimum Gasteiger partial charge on any atom is -0.493 e. The molecular formula is C22H29BrN2O3. The molecule has 1 atom stereocenters. The van der Waals surface area contributed by atoms with Crippen LogP contribution in [0, 0.1) is 0 Å². The minimum atomic E-state index is -0.0268. The van der Waals surface area contributed by atoms with Crippen LogP contribution in [0.4, 0.5) is 0 Å². The standard InChI is InChI=1S/C22H29BrN2O3/c1-5-25(6-2)19(16-10-8-7-9-11-16)15-24-22(26)13-17-12-20(27-3)21(28-4)14-18(17)23/h7-12,14,19H,5-6,13,15H2,1-4H3,(H,24,26). The van der Waals surface area contributed by atoms with Crippen LogP contribution >= 0.6 is 15.9 Å². The topological polar surface area (TPSA) is 50.8 Å². The Hall–Kier alpha value is -2.05. The third-order valence-corrected chi connectivity index (χ3v) is 5.57. The maximum absolute atomic E-state index is 12.6. The highest BCUT2D eigenvalue weighted by molar-refractivity contribution is 9.10. The molecule has 1 unspecified atom stereocenters. The van der Waals surface area contributed by atoms with Gasteiger partial charge >= 0.3 is 0 Å². The molecule has 0 aliphatic carbocycles. The zero-order valence-corrected chi connectivity index (χ0v) is 18.6. The first-order valence-corrected chi connectivity index (χ1v) is 10.3. The van der Waals surface area contributed by atoms with Crippen molar-refractivity contribution < 1.29 is 14.3 Å². The Bertz CT molecular complexity index is 764. The van der Waals surface area contributed by atoms with Crippen molar-refractivity contribution in [3.8, 4) is 11.5 Å². The van der Waals surface area contributed by atoms with Gasteiger partial charge < -0.3 is 14.8 Å². The van der Waals surface area contributed by atoms with Crippen molar-refractivity contribution in [3.05, 3.63) is 58.1 Å². The van der Waals surface area contributed by atoms with Crippen LogP contribution in [0.15, 0.2) is 46.9 Å². The number of nitrogens with one attached hydrogen (secondary N) is 1. The summed E-state index contributed by atoms with van der Waals surface area (Å²) in [7, 11) is 3.18. The molecule has 6 heteroatoms. The van der Waals surface area contributed by atoms with E-state index < -0.39 is 0 Å². The number of benzene rings is 2. The molecule has 0 bridgehead atoms. The van der Waals surface area contributed by atoms with Gasteiger partial charge in [0.05, 0.1) is 26.7 Å². The van der Waals surface area contributed by atoms with Gasteiger partial charge in [0.15, 0.2) is 11.5 Å². The number of carbonyl (C=O) groups is 1. The van der Waals surface area contributed by atoms with E-state index in [-0.39, 0.29) is 18.4 Å². The van der Waals surface area contributed by atoms with Gasteiger partial charge in [0.25, 0.3) is 0 Å². The van der Waals surface area contributed by atoms with Gasteiger partial charge in [-0.1, -0.05) is 60.1 Å². The van der Waals surface area contributed by atoms with Crippen molar-refractivity contribution in [2.45, 2.75) is 26.3 Å². The molecule has 0 fully saturated rings. The fourth-order valence-corrected chi connectivity index (χ4v) is 3.74. The minimum absolute atomic E-state index is 0.0268. The predicted molar refractivity (Wildman–Crippen MR) is 116 cm³/mol. The van der Waals surface area contributed by atoms with E-state index in [0.717, 1.165) is 23.1 Å². The molecule has 2 rings (SSSR count). The second-order valence-electron chi connectivity index (χ2n) is 6.43. The van der Waals surface area contributed by atoms with Crippen molar-refractivity contribution in [1.82, 2.24) is 10.2 Å². The number of rotatable bonds is 10. The summed E-state index contributed by atoms with van der Waals surface area (Å²) in [5, 5.41) is 3.10. The highest BCUT2D eigenvalue weighted by Gasteiger charge is 2.19. The van der Waals surface area contributed by atoms with Crippen LogP contribution in [0.25, 0.3) is 0 Å². The summed E-state index contributed by atoms with van der Waals surface area (Å²) in [5.74, 6) is 1.21. The summed E-state index contributed by atoms with van der Waals surface area (Å²) in [6.45, 7) is 6.69. The maximum Gasteiger partial charge on any atom is 0.224 e. The fraction of sp³-hybridized carbons (Fsp3) is 0.409. The lowest BCUT2D eigenvalue weighted by atomic mass is 10.0. The molecule has 0 aliphatic heterocycles. The van der Waals surface area contributed by atoms with Gasteiger partial charge in [0.1, 0.15) is 0 Å². The summed E-state index contributed by atoms with van der Waals surface area (Å²) in [4.78, 5) is 15.0. The van der Waals surface area contributed by atoms with Crippen LogP contribution in [-0.2, 0) is 11.2 Å². The third kappa shape index (κ3) is 5.72. The van der Waals surface area contributed by atoms with Crippen molar-refractivity contribution in [2.24, 2.45) is 0 Å². The number of likely N-dealkylation sites (N-methyl/N-ethyl adjacent to an activating group) is 1. The van der Waals surface area contributed by atoms with Gasteiger partial charge in [-0.3, -0.25) is 9.69 Å². The Balaban J connectivity index is 2.09. The number of halogens is 1. The Morgan fingerprint density at radius 2 is 1.68 bits per heavy atom. The zero-order chi connectivity index (χ0) is 20.5. The first-order chi connectivity index (χ1) is 13.5. The lowest BCUT2D eigenvalue weighted by Crippen LogP contribution is -2.38. The molecule has 1 N–H and O–H groups in total. The van der Waals surface area contributed by atoms with Gasteiger partial charge in [-0.05, 0) is 36.3 Å². The van der Waals surface area contributed by atoms with Crippen LogP contribution in [-0.4, -0.2) is 44.7 Å². The molecular weight excluding hydrogens is 420 g/mol. The number of hydrogen-bond donors (Lipinski definition) is 1. The Labute approximate surface area is 176 Å². The summed E-state index contributed by atoms with van der Waals surface area (Å²) in [6, 6.07) is 14.1. The van der Waals surface area contributed by atoms with E-state index >= 15 is 0 Å². The number of hydrogen-bond acceptors (Lipinski definition) is 4. The van der Waals surface area contributed by atoms with Crippen molar-refractivity contribution in [3.63, 3.8) is 0 Å². The van der Waals surface area contributed by atoms with Gasteiger partial charge in [-0.25, -0.2) is 0 Å². The molecule has 2 aromatic rings. The number of nitrogens with zero attached hydrogens (tertiary/aromatic N) is 1. The summed E-state index contributed by atoms with van der Waals surface area (Å²) >= 11 is 3.52. The zero-order valence-electron chi connectivity index (χ0n) is 17.0. The smallest absolute Gasteiger partial charge is 0.224 e. The SMILES string of the molecule is CCN(CC)C(CNC(=O)Cc1cc(OC)c(OC)cc1Br)c1ccccc1. The average molecular weight is 449 g/mol. The molecule has 28 heavy (non-hydrogen) atoms. The number of carbonyl (C=O) groups excluding carboxylic acids is 1. The third-order valence-electron chi connectivity index (χ3n) is 4.83. The first kappa shape index (κ1) is 22.2. The van der Waals surface area contributed by atoms with Gasteiger partial charge in [0.2, 0.25) is 5.91 Å². The van der Waals surface area contributed by atoms with E-state index in [0.29, 0.717) is 18.0 Å². The molecule has 0 heterocycles. The molecule has 0 saturated carbocycles. The van der Waals surface area contributed by atoms with E-state index in [1.165, 1.54) is 5.56 Å². The highest BCUT2D eigenvalue weighted by atomic mass is 79.9. The van der Waals surface area contributed by atoms with Gasteiger partial charge in [0, 0.05) is 11.0 Å². The summed E-state index contributed by atoms with van der Waals surface area (Å²) < 4.78 is 11.5. The molecule has 0 radical (unpaired) electrons. The number of amides is 1. The van der Waals surface area contributed by atoms with Crippen LogP contribution in [0.1, 0.15) is 31.0 Å². The number of methoxy groups -OCH3 is 2. The Kier molecular flexibility index (Phi) is 8.80. The average Bonchev–Trinajstić information content (AvgIpc) is 2.72. The van der Waals surface area contributed by atoms with E-state index in [4.69, 9.17) is 9.47 Å². The Morgan fingerprint density at radius 1 is 1.07 bits per heavy atom. The Morgan fingerprint density at radius 3 is 2.25 bits per heavy atom. The second-order valence-corrected chi connectivity index (χ2v) is 7.28. The molecule has 1 amide bonds. The van der Waals surface area contributed by atoms with E-state index in [2.05, 4.69) is 52.1 Å². The van der Waals surface area contributed by atoms with E-state index in [1.54, 1.807) is 14.2 Å². The van der Waals surface area contributed by atoms with Crippen LogP contribution in [0.2, 0.25) is 0 Å². The second kappa shape index (κ2) is 11.1. The van der Waals surface area contributed by atoms with E-state index in [1.807, 2.05) is 30.3 Å². The number of ether oxygens (including phenoxy) is 2. The van der Waals surface area contributed by atoms with Gasteiger partial charge in [-0.15, -0.1) is 0 Å². The summed E-state index contributed by atoms with van der Waals surface area (Å²) in [6.07, 6.45) is 0.265. The molecule has 2 aromatic carbocycles. The summed E-state index contributed by atoms with van der Waals surface area (Å²) in [5.41, 5.74) is 2.06. The predicted octanol–water partition coefficient (Wildman–Crippen LogP) is 4.21. The molecule has 0 aromatic heterocycles. The molecule has 152 valence electrons. The lowest BCUT2D eigenvalue weighted by Gasteiger charge is -2.30. The maximum atomic E-state index is 12.6. The van der Waals surface area contributed by atoms with Crippen LogP contribution < -0.4 is 14.8 Å². The normalized spacial score (nSPS) is 11.9. The van der Waals surface area contributed by atoms with Crippen LogP contribution in [0.5, 0.6) is 11.5 Å². The monoisotopic (exact) mass is 448 g/mol. The van der Waals surface area contributed by atoms with E-state index in [9.17, 15) is 4.79 Å². The quantitative estimate of drug-likeness (QED) is 0.591. The van der Waals surface area contributed by atoms with Crippen LogP contribution in [0.3, 0.4) is 0 Å². The molecule has 0 saturated heterocycles. The first-order valence-electron chi connectivity index (χ1n) is 9.50. The fourth-order valence-electron chi connectivity index (χ4n) is 3.28. The van der Waals surface area contributed by atoms with Crippen molar-refractivity contribution >= 4 is 21.8 Å². The lowest BCUT2D eigenvalue weighted by molar-refractivity contribution is -0.120. The highest BCUT2D eigenvalue weighted by Crippen LogP contribution is 2.33.